The minimum absolute atomic E-state index is 0.232. The second kappa shape index (κ2) is 9.51. The van der Waals surface area contributed by atoms with E-state index in [9.17, 15) is 13.2 Å². The summed E-state index contributed by atoms with van der Waals surface area (Å²) in [5, 5.41) is 3.02. The Morgan fingerprint density at radius 1 is 1.10 bits per heavy atom. The van der Waals surface area contributed by atoms with Crippen LogP contribution in [0.4, 0.5) is 5.69 Å². The summed E-state index contributed by atoms with van der Waals surface area (Å²) in [4.78, 5) is 13.1. The summed E-state index contributed by atoms with van der Waals surface area (Å²) in [6.07, 6.45) is 1.80. The van der Waals surface area contributed by atoms with Crippen molar-refractivity contribution in [3.05, 3.63) is 58.7 Å². The number of methoxy groups -OCH3 is 1. The molecule has 0 fully saturated rings. The molecule has 0 bridgehead atoms. The molecule has 164 valence electrons. The average molecular weight is 433 g/mol. The van der Waals surface area contributed by atoms with Gasteiger partial charge in [0.15, 0.2) is 0 Å². The molecule has 2 aromatic carbocycles. The first-order chi connectivity index (χ1) is 14.0. The van der Waals surface area contributed by atoms with Crippen molar-refractivity contribution in [2.45, 2.75) is 53.1 Å². The highest BCUT2D eigenvalue weighted by atomic mass is 32.2. The summed E-state index contributed by atoms with van der Waals surface area (Å²) in [5.74, 6) is 0.438. The standard InChI is InChI=1S/C23H32N2O4S/c1-8-20(19-11-12-22(29-6)17(4)14-19)24-23(26)18(5)25(30(7,27)28)21-13-15(2)9-10-16(21)3/h9-14,18,20H,8H2,1-7H3,(H,24,26). The number of carbonyl (C=O) groups is 1. The highest BCUT2D eigenvalue weighted by molar-refractivity contribution is 7.92. The minimum Gasteiger partial charge on any atom is -0.496 e. The van der Waals surface area contributed by atoms with Gasteiger partial charge in [0.25, 0.3) is 0 Å². The Balaban J connectivity index is 2.34. The average Bonchev–Trinajstić information content (AvgIpc) is 2.67. The number of anilines is 1. The molecular weight excluding hydrogens is 400 g/mol. The first-order valence-corrected chi connectivity index (χ1v) is 11.9. The fourth-order valence-electron chi connectivity index (χ4n) is 3.57. The molecule has 1 amide bonds. The zero-order valence-electron chi connectivity index (χ0n) is 18.8. The summed E-state index contributed by atoms with van der Waals surface area (Å²) < 4.78 is 31.7. The van der Waals surface area contributed by atoms with Crippen molar-refractivity contribution in [1.29, 1.82) is 0 Å². The number of hydrogen-bond acceptors (Lipinski definition) is 4. The van der Waals surface area contributed by atoms with Crippen molar-refractivity contribution in [2.24, 2.45) is 0 Å². The van der Waals surface area contributed by atoms with Crippen LogP contribution in [-0.4, -0.2) is 33.7 Å². The van der Waals surface area contributed by atoms with Crippen molar-refractivity contribution in [1.82, 2.24) is 5.32 Å². The van der Waals surface area contributed by atoms with E-state index in [-0.39, 0.29) is 11.9 Å². The van der Waals surface area contributed by atoms with E-state index in [1.165, 1.54) is 4.31 Å². The number of rotatable bonds is 8. The van der Waals surface area contributed by atoms with Gasteiger partial charge in [-0.1, -0.05) is 31.2 Å². The number of nitrogens with one attached hydrogen (secondary N) is 1. The third-order valence-electron chi connectivity index (χ3n) is 5.24. The number of ether oxygens (including phenoxy) is 1. The summed E-state index contributed by atoms with van der Waals surface area (Å²) in [6.45, 7) is 9.28. The molecule has 1 N–H and O–H groups in total. The number of hydrogen-bond donors (Lipinski definition) is 1. The van der Waals surface area contributed by atoms with Gasteiger partial charge < -0.3 is 10.1 Å². The number of nitrogens with zero attached hydrogens (tertiary/aromatic N) is 1. The second-order valence-electron chi connectivity index (χ2n) is 7.72. The van der Waals surface area contributed by atoms with E-state index in [1.807, 2.05) is 58.0 Å². The molecule has 0 aromatic heterocycles. The van der Waals surface area contributed by atoms with Crippen LogP contribution < -0.4 is 14.4 Å². The fourth-order valence-corrected chi connectivity index (χ4v) is 4.79. The molecule has 2 aromatic rings. The van der Waals surface area contributed by atoms with Crippen molar-refractivity contribution >= 4 is 21.6 Å². The van der Waals surface area contributed by atoms with E-state index in [2.05, 4.69) is 5.32 Å². The quantitative estimate of drug-likeness (QED) is 0.683. The highest BCUT2D eigenvalue weighted by Gasteiger charge is 2.31. The Morgan fingerprint density at radius 2 is 1.77 bits per heavy atom. The second-order valence-corrected chi connectivity index (χ2v) is 9.58. The van der Waals surface area contributed by atoms with Gasteiger partial charge in [-0.3, -0.25) is 9.10 Å². The molecule has 30 heavy (non-hydrogen) atoms. The Kier molecular flexibility index (Phi) is 7.53. The zero-order valence-corrected chi connectivity index (χ0v) is 19.6. The van der Waals surface area contributed by atoms with Gasteiger partial charge in [-0.25, -0.2) is 8.42 Å². The van der Waals surface area contributed by atoms with Gasteiger partial charge in [0.2, 0.25) is 15.9 Å². The minimum atomic E-state index is -3.67. The van der Waals surface area contributed by atoms with Crippen LogP contribution in [-0.2, 0) is 14.8 Å². The van der Waals surface area contributed by atoms with E-state index in [0.717, 1.165) is 34.3 Å². The maximum Gasteiger partial charge on any atom is 0.244 e. The van der Waals surface area contributed by atoms with Crippen LogP contribution in [0.5, 0.6) is 5.75 Å². The summed E-state index contributed by atoms with van der Waals surface area (Å²) in [5.41, 5.74) is 4.17. The zero-order chi connectivity index (χ0) is 22.6. The molecule has 0 radical (unpaired) electrons. The monoisotopic (exact) mass is 432 g/mol. The Hall–Kier alpha value is -2.54. The Bertz CT molecular complexity index is 1020. The van der Waals surface area contributed by atoms with Crippen LogP contribution in [0.25, 0.3) is 0 Å². The predicted molar refractivity (Wildman–Crippen MR) is 122 cm³/mol. The first kappa shape index (κ1) is 23.7. The third-order valence-corrected chi connectivity index (χ3v) is 6.46. The fraction of sp³-hybridized carbons (Fsp3) is 0.435. The SMILES string of the molecule is CCC(NC(=O)C(C)N(c1cc(C)ccc1C)S(C)(=O)=O)c1ccc(OC)c(C)c1. The summed E-state index contributed by atoms with van der Waals surface area (Å²) in [7, 11) is -2.05. The molecule has 0 aliphatic carbocycles. The smallest absolute Gasteiger partial charge is 0.244 e. The number of sulfonamides is 1. The van der Waals surface area contributed by atoms with E-state index in [0.29, 0.717) is 12.1 Å². The number of aryl methyl sites for hydroxylation is 3. The highest BCUT2D eigenvalue weighted by Crippen LogP contribution is 2.28. The topological polar surface area (TPSA) is 75.7 Å². The lowest BCUT2D eigenvalue weighted by atomic mass is 10.0. The van der Waals surface area contributed by atoms with Gasteiger partial charge in [-0.05, 0) is 68.5 Å². The van der Waals surface area contributed by atoms with Gasteiger partial charge in [-0.2, -0.15) is 0 Å². The summed E-state index contributed by atoms with van der Waals surface area (Å²) >= 11 is 0. The maximum absolute atomic E-state index is 13.1. The maximum atomic E-state index is 13.1. The largest absolute Gasteiger partial charge is 0.496 e. The molecule has 0 saturated heterocycles. The number of benzene rings is 2. The van der Waals surface area contributed by atoms with Crippen molar-refractivity contribution in [3.8, 4) is 5.75 Å². The van der Waals surface area contributed by atoms with E-state index in [4.69, 9.17) is 4.74 Å². The van der Waals surface area contributed by atoms with Gasteiger partial charge in [-0.15, -0.1) is 0 Å². The van der Waals surface area contributed by atoms with Crippen molar-refractivity contribution < 1.29 is 17.9 Å². The molecule has 7 heteroatoms. The molecule has 6 nitrogen and oxygen atoms in total. The first-order valence-electron chi connectivity index (χ1n) is 10.0. The molecule has 2 unspecified atom stereocenters. The van der Waals surface area contributed by atoms with E-state index < -0.39 is 16.1 Å². The van der Waals surface area contributed by atoms with Crippen molar-refractivity contribution in [2.75, 3.05) is 17.7 Å². The summed E-state index contributed by atoms with van der Waals surface area (Å²) in [6, 6.07) is 10.2. The molecule has 0 aliphatic rings. The van der Waals surface area contributed by atoms with Crippen LogP contribution in [0, 0.1) is 20.8 Å². The lowest BCUT2D eigenvalue weighted by Crippen LogP contribution is -2.48. The number of carbonyl (C=O) groups excluding carboxylic acids is 1. The van der Waals surface area contributed by atoms with Crippen LogP contribution in [0.1, 0.15) is 48.6 Å². The van der Waals surface area contributed by atoms with E-state index in [1.54, 1.807) is 20.1 Å². The van der Waals surface area contributed by atoms with Crippen LogP contribution >= 0.6 is 0 Å². The Labute approximate surface area is 180 Å². The normalized spacial score (nSPS) is 13.4. The molecule has 2 atom stereocenters. The molecule has 0 saturated carbocycles. The lowest BCUT2D eigenvalue weighted by molar-refractivity contribution is -0.122. The van der Waals surface area contributed by atoms with Gasteiger partial charge >= 0.3 is 0 Å². The molecule has 0 heterocycles. The van der Waals surface area contributed by atoms with Crippen LogP contribution in [0.2, 0.25) is 0 Å². The Morgan fingerprint density at radius 3 is 2.30 bits per heavy atom. The van der Waals surface area contributed by atoms with Gasteiger partial charge in [0.05, 0.1) is 25.1 Å². The molecule has 2 rings (SSSR count). The molecule has 0 spiro atoms. The van der Waals surface area contributed by atoms with Gasteiger partial charge in [0.1, 0.15) is 11.8 Å². The lowest BCUT2D eigenvalue weighted by Gasteiger charge is -2.31. The van der Waals surface area contributed by atoms with E-state index >= 15 is 0 Å². The van der Waals surface area contributed by atoms with Crippen LogP contribution in [0.3, 0.4) is 0 Å². The predicted octanol–water partition coefficient (Wildman–Crippen LogP) is 4.04. The number of amides is 1. The van der Waals surface area contributed by atoms with Gasteiger partial charge in [0, 0.05) is 0 Å². The van der Waals surface area contributed by atoms with Crippen molar-refractivity contribution in [3.63, 3.8) is 0 Å². The third kappa shape index (κ3) is 5.33. The molecular formula is C23H32N2O4S. The van der Waals surface area contributed by atoms with Crippen LogP contribution in [0.15, 0.2) is 36.4 Å². The molecule has 0 aliphatic heterocycles.